The molecule has 1 aromatic carbocycles. The van der Waals surface area contributed by atoms with Gasteiger partial charge < -0.3 is 15.2 Å². The van der Waals surface area contributed by atoms with E-state index in [2.05, 4.69) is 5.32 Å². The van der Waals surface area contributed by atoms with Gasteiger partial charge in [-0.1, -0.05) is 12.1 Å². The molecule has 1 rings (SSSR count). The molecule has 2 unspecified atom stereocenters. The zero-order chi connectivity index (χ0) is 14.4. The third-order valence-corrected chi connectivity index (χ3v) is 2.95. The van der Waals surface area contributed by atoms with Crippen molar-refractivity contribution in [3.05, 3.63) is 39.4 Å². The van der Waals surface area contributed by atoms with Crippen LogP contribution in [0.15, 0.2) is 18.2 Å². The second-order valence-corrected chi connectivity index (χ2v) is 4.54. The van der Waals surface area contributed by atoms with Crippen molar-refractivity contribution in [3.8, 4) is 0 Å². The number of aliphatic hydroxyl groups excluding tert-OH is 1. The lowest BCUT2D eigenvalue weighted by molar-refractivity contribution is -0.385. The molecule has 0 amide bonds. The summed E-state index contributed by atoms with van der Waals surface area (Å²) in [6.07, 6.45) is -0.590. The molecule has 0 saturated heterocycles. The van der Waals surface area contributed by atoms with Crippen molar-refractivity contribution in [2.75, 3.05) is 20.3 Å². The number of nitrogens with one attached hydrogen (secondary N) is 1. The van der Waals surface area contributed by atoms with E-state index in [0.29, 0.717) is 12.1 Å². The summed E-state index contributed by atoms with van der Waals surface area (Å²) in [5.41, 5.74) is 1.57. The molecule has 19 heavy (non-hydrogen) atoms. The van der Waals surface area contributed by atoms with Crippen LogP contribution in [0.4, 0.5) is 5.69 Å². The molecule has 2 N–H and O–H groups in total. The van der Waals surface area contributed by atoms with Crippen LogP contribution >= 0.6 is 0 Å². The molecule has 1 aromatic rings. The van der Waals surface area contributed by atoms with Gasteiger partial charge in [-0.3, -0.25) is 10.1 Å². The molecule has 0 aliphatic rings. The molecular formula is C13H20N2O4. The standard InChI is InChI=1S/C13H20N2O4/c1-9-4-5-11(6-13(9)15(17)18)10(2)14-7-12(16)8-19-3/h4-6,10,12,14,16H,7-8H2,1-3H3. The number of rotatable bonds is 7. The maximum Gasteiger partial charge on any atom is 0.272 e. The van der Waals surface area contributed by atoms with Gasteiger partial charge in [0.25, 0.3) is 5.69 Å². The summed E-state index contributed by atoms with van der Waals surface area (Å²) >= 11 is 0. The fourth-order valence-electron chi connectivity index (χ4n) is 1.77. The topological polar surface area (TPSA) is 84.6 Å². The van der Waals surface area contributed by atoms with Gasteiger partial charge in [0.05, 0.1) is 17.6 Å². The Kier molecular flexibility index (Phi) is 5.88. The van der Waals surface area contributed by atoms with E-state index in [1.165, 1.54) is 7.11 Å². The van der Waals surface area contributed by atoms with Crippen LogP contribution in [-0.2, 0) is 4.74 Å². The van der Waals surface area contributed by atoms with Gasteiger partial charge in [-0.2, -0.15) is 0 Å². The molecule has 0 aromatic heterocycles. The number of benzene rings is 1. The average molecular weight is 268 g/mol. The Morgan fingerprint density at radius 2 is 2.21 bits per heavy atom. The summed E-state index contributed by atoms with van der Waals surface area (Å²) < 4.78 is 4.83. The van der Waals surface area contributed by atoms with Crippen LogP contribution in [-0.4, -0.2) is 36.4 Å². The van der Waals surface area contributed by atoms with Gasteiger partial charge in [-0.25, -0.2) is 0 Å². The SMILES string of the molecule is COCC(O)CNC(C)c1ccc(C)c([N+](=O)[O-])c1. The smallest absolute Gasteiger partial charge is 0.272 e. The van der Waals surface area contributed by atoms with E-state index in [9.17, 15) is 15.2 Å². The van der Waals surface area contributed by atoms with Crippen molar-refractivity contribution in [1.82, 2.24) is 5.32 Å². The fraction of sp³-hybridized carbons (Fsp3) is 0.538. The van der Waals surface area contributed by atoms with Gasteiger partial charge in [-0.05, 0) is 19.4 Å². The first kappa shape index (κ1) is 15.6. The van der Waals surface area contributed by atoms with Gasteiger partial charge in [0.1, 0.15) is 0 Å². The minimum absolute atomic E-state index is 0.0780. The normalized spacial score (nSPS) is 14.1. The third kappa shape index (κ3) is 4.59. The number of aryl methyl sites for hydroxylation is 1. The lowest BCUT2D eigenvalue weighted by Crippen LogP contribution is -2.31. The quantitative estimate of drug-likeness (QED) is 0.579. The monoisotopic (exact) mass is 268 g/mol. The molecule has 6 nitrogen and oxygen atoms in total. The number of nitro groups is 1. The Labute approximate surface area is 112 Å². The molecular weight excluding hydrogens is 248 g/mol. The maximum atomic E-state index is 10.9. The number of methoxy groups -OCH3 is 1. The lowest BCUT2D eigenvalue weighted by atomic mass is 10.0. The van der Waals surface area contributed by atoms with E-state index >= 15 is 0 Å². The van der Waals surface area contributed by atoms with Crippen molar-refractivity contribution in [2.45, 2.75) is 26.0 Å². The zero-order valence-electron chi connectivity index (χ0n) is 11.4. The Hall–Kier alpha value is -1.50. The Morgan fingerprint density at radius 1 is 1.53 bits per heavy atom. The Balaban J connectivity index is 2.69. The van der Waals surface area contributed by atoms with Gasteiger partial charge in [0.15, 0.2) is 0 Å². The predicted octanol–water partition coefficient (Wildman–Crippen LogP) is 1.56. The maximum absolute atomic E-state index is 10.9. The van der Waals surface area contributed by atoms with Crippen LogP contribution in [0.5, 0.6) is 0 Å². The second-order valence-electron chi connectivity index (χ2n) is 4.54. The summed E-state index contributed by atoms with van der Waals surface area (Å²) in [6, 6.07) is 5.07. The molecule has 0 radical (unpaired) electrons. The molecule has 0 fully saturated rings. The van der Waals surface area contributed by atoms with Crippen molar-refractivity contribution in [1.29, 1.82) is 0 Å². The van der Waals surface area contributed by atoms with E-state index < -0.39 is 6.10 Å². The van der Waals surface area contributed by atoms with Crippen LogP contribution in [0.3, 0.4) is 0 Å². The molecule has 0 heterocycles. The highest BCUT2D eigenvalue weighted by molar-refractivity contribution is 5.43. The number of ether oxygens (including phenoxy) is 1. The molecule has 0 aliphatic carbocycles. The number of nitro benzene ring substituents is 1. The fourth-order valence-corrected chi connectivity index (χ4v) is 1.77. The van der Waals surface area contributed by atoms with Crippen molar-refractivity contribution in [3.63, 3.8) is 0 Å². The van der Waals surface area contributed by atoms with E-state index in [1.807, 2.05) is 13.0 Å². The molecule has 0 aliphatic heterocycles. The summed E-state index contributed by atoms with van der Waals surface area (Å²) in [4.78, 5) is 10.5. The average Bonchev–Trinajstić information content (AvgIpc) is 2.36. The van der Waals surface area contributed by atoms with Crippen LogP contribution in [0.25, 0.3) is 0 Å². The Bertz CT molecular complexity index is 437. The highest BCUT2D eigenvalue weighted by atomic mass is 16.6. The summed E-state index contributed by atoms with van der Waals surface area (Å²) in [5.74, 6) is 0. The minimum atomic E-state index is -0.590. The Morgan fingerprint density at radius 3 is 2.79 bits per heavy atom. The number of hydrogen-bond donors (Lipinski definition) is 2. The molecule has 0 saturated carbocycles. The molecule has 2 atom stereocenters. The number of aliphatic hydroxyl groups is 1. The van der Waals surface area contributed by atoms with Crippen LogP contribution < -0.4 is 5.32 Å². The highest BCUT2D eigenvalue weighted by Crippen LogP contribution is 2.23. The van der Waals surface area contributed by atoms with Gasteiger partial charge in [0.2, 0.25) is 0 Å². The van der Waals surface area contributed by atoms with E-state index in [0.717, 1.165) is 5.56 Å². The van der Waals surface area contributed by atoms with Crippen molar-refractivity contribution in [2.24, 2.45) is 0 Å². The zero-order valence-corrected chi connectivity index (χ0v) is 11.4. The first-order valence-electron chi connectivity index (χ1n) is 6.11. The largest absolute Gasteiger partial charge is 0.389 e. The van der Waals surface area contributed by atoms with E-state index in [-0.39, 0.29) is 23.3 Å². The minimum Gasteiger partial charge on any atom is -0.389 e. The summed E-state index contributed by atoms with van der Waals surface area (Å²) in [6.45, 7) is 4.24. The van der Waals surface area contributed by atoms with Crippen LogP contribution in [0, 0.1) is 17.0 Å². The third-order valence-electron chi connectivity index (χ3n) is 2.95. The second kappa shape index (κ2) is 7.18. The first-order chi connectivity index (χ1) is 8.95. The molecule has 6 heteroatoms. The van der Waals surface area contributed by atoms with Gasteiger partial charge >= 0.3 is 0 Å². The van der Waals surface area contributed by atoms with Crippen LogP contribution in [0.1, 0.15) is 24.1 Å². The van der Waals surface area contributed by atoms with Crippen molar-refractivity contribution >= 4 is 5.69 Å². The molecule has 106 valence electrons. The van der Waals surface area contributed by atoms with Crippen molar-refractivity contribution < 1.29 is 14.8 Å². The van der Waals surface area contributed by atoms with E-state index in [4.69, 9.17) is 4.74 Å². The number of nitrogens with zero attached hydrogens (tertiary/aromatic N) is 1. The number of hydrogen-bond acceptors (Lipinski definition) is 5. The molecule has 0 bridgehead atoms. The molecule has 0 spiro atoms. The summed E-state index contributed by atoms with van der Waals surface area (Å²) in [7, 11) is 1.52. The highest BCUT2D eigenvalue weighted by Gasteiger charge is 2.15. The lowest BCUT2D eigenvalue weighted by Gasteiger charge is -2.17. The first-order valence-corrected chi connectivity index (χ1v) is 6.11. The predicted molar refractivity (Wildman–Crippen MR) is 72.1 cm³/mol. The van der Waals surface area contributed by atoms with Gasteiger partial charge in [-0.15, -0.1) is 0 Å². The van der Waals surface area contributed by atoms with Crippen LogP contribution in [0.2, 0.25) is 0 Å². The van der Waals surface area contributed by atoms with Gasteiger partial charge in [0, 0.05) is 31.3 Å². The van der Waals surface area contributed by atoms with E-state index in [1.54, 1.807) is 19.1 Å². The summed E-state index contributed by atoms with van der Waals surface area (Å²) in [5, 5.41) is 23.5.